The molecule has 1 atom stereocenters. The molecule has 0 aliphatic carbocycles. The molecule has 0 spiro atoms. The molecular formula is C23H30N4O3. The van der Waals surface area contributed by atoms with Crippen LogP contribution in [0.25, 0.3) is 0 Å². The molecule has 1 fully saturated rings. The zero-order valence-corrected chi connectivity index (χ0v) is 17.8. The highest BCUT2D eigenvalue weighted by Crippen LogP contribution is 2.28. The predicted octanol–water partition coefficient (Wildman–Crippen LogP) is 2.71. The Hall–Kier alpha value is -2.83. The molecule has 3 heterocycles. The molecule has 2 aliphatic rings. The summed E-state index contributed by atoms with van der Waals surface area (Å²) >= 11 is 0. The average molecular weight is 411 g/mol. The van der Waals surface area contributed by atoms with Gasteiger partial charge in [0.25, 0.3) is 5.91 Å². The number of piperidine rings is 1. The topological polar surface area (TPSA) is 67.7 Å². The number of rotatable bonds is 5. The van der Waals surface area contributed by atoms with Crippen LogP contribution < -0.4 is 4.74 Å². The maximum atomic E-state index is 12.9. The Labute approximate surface area is 177 Å². The van der Waals surface area contributed by atoms with Crippen molar-refractivity contribution in [1.82, 2.24) is 19.6 Å². The van der Waals surface area contributed by atoms with Crippen molar-refractivity contribution in [3.05, 3.63) is 47.3 Å². The number of nitrogens with zero attached hydrogens (tertiary/aromatic N) is 4. The second kappa shape index (κ2) is 8.90. The molecule has 0 saturated carbocycles. The van der Waals surface area contributed by atoms with Gasteiger partial charge in [-0.05, 0) is 43.4 Å². The van der Waals surface area contributed by atoms with Gasteiger partial charge in [-0.3, -0.25) is 14.3 Å². The maximum Gasteiger partial charge on any atom is 0.271 e. The lowest BCUT2D eigenvalue weighted by molar-refractivity contribution is -0.132. The third kappa shape index (κ3) is 4.20. The summed E-state index contributed by atoms with van der Waals surface area (Å²) in [4.78, 5) is 29.2. The molecule has 1 aromatic carbocycles. The van der Waals surface area contributed by atoms with Crippen molar-refractivity contribution in [3.63, 3.8) is 0 Å². The van der Waals surface area contributed by atoms with Crippen LogP contribution in [-0.2, 0) is 17.8 Å². The van der Waals surface area contributed by atoms with Crippen LogP contribution in [0, 0.1) is 0 Å². The van der Waals surface area contributed by atoms with Gasteiger partial charge in [0.15, 0.2) is 0 Å². The number of aryl methyl sites for hydroxylation is 2. The zero-order chi connectivity index (χ0) is 21.1. The molecule has 2 aliphatic heterocycles. The highest BCUT2D eigenvalue weighted by molar-refractivity contribution is 5.92. The zero-order valence-electron chi connectivity index (χ0n) is 17.8. The number of likely N-dealkylation sites (tertiary alicyclic amines) is 1. The summed E-state index contributed by atoms with van der Waals surface area (Å²) in [5, 5.41) is 4.74. The number of carbonyl (C=O) groups excluding carboxylic acids is 2. The molecule has 4 rings (SSSR count). The van der Waals surface area contributed by atoms with Crippen molar-refractivity contribution in [2.24, 2.45) is 0 Å². The van der Waals surface area contributed by atoms with E-state index in [1.165, 1.54) is 0 Å². The van der Waals surface area contributed by atoms with Crippen molar-refractivity contribution in [2.75, 3.05) is 33.8 Å². The van der Waals surface area contributed by atoms with Crippen LogP contribution in [0.4, 0.5) is 0 Å². The van der Waals surface area contributed by atoms with Gasteiger partial charge in [0, 0.05) is 45.6 Å². The largest absolute Gasteiger partial charge is 0.496 e. The Morgan fingerprint density at radius 1 is 1.20 bits per heavy atom. The number of amides is 2. The average Bonchev–Trinajstić information content (AvgIpc) is 3.16. The molecule has 7 heteroatoms. The molecular weight excluding hydrogens is 380 g/mol. The number of fused-ring (bicyclic) bond motifs is 1. The second-order valence-corrected chi connectivity index (χ2v) is 8.25. The number of carbonyl (C=O) groups is 2. The molecule has 0 radical (unpaired) electrons. The van der Waals surface area contributed by atoms with Gasteiger partial charge in [0.1, 0.15) is 11.4 Å². The Balaban J connectivity index is 1.41. The lowest BCUT2D eigenvalue weighted by atomic mass is 9.94. The SMILES string of the molecule is COc1ccccc1CCC(=O)N1CCCC(c2cc3n(n2)CCCN(C)C3=O)C1. The van der Waals surface area contributed by atoms with Crippen LogP contribution in [0.15, 0.2) is 30.3 Å². The normalized spacial score (nSPS) is 19.4. The van der Waals surface area contributed by atoms with Crippen molar-refractivity contribution >= 4 is 11.8 Å². The summed E-state index contributed by atoms with van der Waals surface area (Å²) in [6.45, 7) is 2.98. The van der Waals surface area contributed by atoms with E-state index in [0.717, 1.165) is 55.9 Å². The third-order valence-corrected chi connectivity index (χ3v) is 6.22. The number of benzene rings is 1. The number of aromatic nitrogens is 2. The van der Waals surface area contributed by atoms with Crippen LogP contribution in [0.1, 0.15) is 53.3 Å². The first-order valence-corrected chi connectivity index (χ1v) is 10.8. The van der Waals surface area contributed by atoms with E-state index in [-0.39, 0.29) is 17.7 Å². The van der Waals surface area contributed by atoms with Crippen LogP contribution in [-0.4, -0.2) is 65.2 Å². The van der Waals surface area contributed by atoms with Crippen molar-refractivity contribution in [2.45, 2.75) is 44.6 Å². The Morgan fingerprint density at radius 2 is 2.03 bits per heavy atom. The standard InChI is InChI=1S/C23H30N4O3/c1-25-12-6-14-27-20(23(25)29)15-19(24-27)18-8-5-13-26(16-18)22(28)11-10-17-7-3-4-9-21(17)30-2/h3-4,7,9,15,18H,5-6,8,10-14,16H2,1-2H3. The quantitative estimate of drug-likeness (QED) is 0.760. The Bertz CT molecular complexity index is 923. The lowest BCUT2D eigenvalue weighted by Crippen LogP contribution is -2.39. The van der Waals surface area contributed by atoms with E-state index in [4.69, 9.17) is 9.84 Å². The fourth-order valence-electron chi connectivity index (χ4n) is 4.49. The van der Waals surface area contributed by atoms with E-state index in [0.29, 0.717) is 25.1 Å². The number of methoxy groups -OCH3 is 1. The summed E-state index contributed by atoms with van der Waals surface area (Å²) in [6, 6.07) is 9.79. The van der Waals surface area contributed by atoms with Crippen LogP contribution in [0.2, 0.25) is 0 Å². The number of hydrogen-bond acceptors (Lipinski definition) is 4. The molecule has 0 N–H and O–H groups in total. The summed E-state index contributed by atoms with van der Waals surface area (Å²) in [7, 11) is 3.50. The van der Waals surface area contributed by atoms with E-state index in [2.05, 4.69) is 0 Å². The molecule has 0 bridgehead atoms. The number of ether oxygens (including phenoxy) is 1. The Morgan fingerprint density at radius 3 is 2.87 bits per heavy atom. The molecule has 1 aromatic heterocycles. The van der Waals surface area contributed by atoms with Crippen LogP contribution in [0.5, 0.6) is 5.75 Å². The molecule has 2 amide bonds. The van der Waals surface area contributed by atoms with E-state index >= 15 is 0 Å². The summed E-state index contributed by atoms with van der Waals surface area (Å²) in [5.74, 6) is 1.22. The smallest absolute Gasteiger partial charge is 0.271 e. The summed E-state index contributed by atoms with van der Waals surface area (Å²) < 4.78 is 7.25. The van der Waals surface area contributed by atoms with E-state index < -0.39 is 0 Å². The van der Waals surface area contributed by atoms with Gasteiger partial charge in [-0.25, -0.2) is 0 Å². The second-order valence-electron chi connectivity index (χ2n) is 8.25. The first kappa shape index (κ1) is 20.4. The van der Waals surface area contributed by atoms with Crippen molar-refractivity contribution in [1.29, 1.82) is 0 Å². The highest BCUT2D eigenvalue weighted by Gasteiger charge is 2.29. The van der Waals surface area contributed by atoms with Gasteiger partial charge >= 0.3 is 0 Å². The van der Waals surface area contributed by atoms with Crippen molar-refractivity contribution < 1.29 is 14.3 Å². The minimum absolute atomic E-state index is 0.0341. The van der Waals surface area contributed by atoms with Gasteiger partial charge in [0.05, 0.1) is 12.8 Å². The molecule has 30 heavy (non-hydrogen) atoms. The lowest BCUT2D eigenvalue weighted by Gasteiger charge is -2.32. The fourth-order valence-corrected chi connectivity index (χ4v) is 4.49. The van der Waals surface area contributed by atoms with Crippen LogP contribution >= 0.6 is 0 Å². The van der Waals surface area contributed by atoms with Crippen LogP contribution in [0.3, 0.4) is 0 Å². The first-order chi connectivity index (χ1) is 14.6. The number of para-hydroxylation sites is 1. The highest BCUT2D eigenvalue weighted by atomic mass is 16.5. The third-order valence-electron chi connectivity index (χ3n) is 6.22. The monoisotopic (exact) mass is 410 g/mol. The molecule has 7 nitrogen and oxygen atoms in total. The van der Waals surface area contributed by atoms with Gasteiger partial charge in [0.2, 0.25) is 5.91 Å². The minimum Gasteiger partial charge on any atom is -0.496 e. The van der Waals surface area contributed by atoms with Gasteiger partial charge < -0.3 is 14.5 Å². The van der Waals surface area contributed by atoms with Crippen molar-refractivity contribution in [3.8, 4) is 5.75 Å². The van der Waals surface area contributed by atoms with E-state index in [1.807, 2.05) is 47.0 Å². The predicted molar refractivity (Wildman–Crippen MR) is 114 cm³/mol. The summed E-state index contributed by atoms with van der Waals surface area (Å²) in [5.41, 5.74) is 2.67. The van der Waals surface area contributed by atoms with E-state index in [1.54, 1.807) is 12.0 Å². The Kier molecular flexibility index (Phi) is 6.06. The molecule has 160 valence electrons. The van der Waals surface area contributed by atoms with E-state index in [9.17, 15) is 9.59 Å². The first-order valence-electron chi connectivity index (χ1n) is 10.8. The molecule has 2 aromatic rings. The number of hydrogen-bond donors (Lipinski definition) is 0. The molecule has 1 unspecified atom stereocenters. The van der Waals surface area contributed by atoms with Gasteiger partial charge in [-0.2, -0.15) is 5.10 Å². The summed E-state index contributed by atoms with van der Waals surface area (Å²) in [6.07, 6.45) is 4.01. The minimum atomic E-state index is 0.0341. The van der Waals surface area contributed by atoms with Gasteiger partial charge in [-0.1, -0.05) is 18.2 Å². The maximum absolute atomic E-state index is 12.9. The fraction of sp³-hybridized carbons (Fsp3) is 0.522. The van der Waals surface area contributed by atoms with Gasteiger partial charge in [-0.15, -0.1) is 0 Å². The molecule has 1 saturated heterocycles.